The van der Waals surface area contributed by atoms with Crippen LogP contribution in [0.15, 0.2) is 117 Å². The number of Topliss-reactive ketones (excluding diaryl/α,β-unsaturated/α-hetero) is 3. The van der Waals surface area contributed by atoms with Crippen LogP contribution in [-0.4, -0.2) is 177 Å². The van der Waals surface area contributed by atoms with Crippen LogP contribution in [0.2, 0.25) is 10.0 Å². The lowest BCUT2D eigenvalue weighted by molar-refractivity contribution is -0.277. The third-order valence-corrected chi connectivity index (χ3v) is 18.4. The number of rotatable bonds is 19. The fourth-order valence-corrected chi connectivity index (χ4v) is 12.9. The van der Waals surface area contributed by atoms with Crippen LogP contribution in [0.3, 0.4) is 0 Å². The van der Waals surface area contributed by atoms with E-state index in [1.807, 2.05) is 0 Å². The van der Waals surface area contributed by atoms with Crippen LogP contribution in [0.25, 0.3) is 11.1 Å². The maximum absolute atomic E-state index is 16.4. The summed E-state index contributed by atoms with van der Waals surface area (Å²) in [6.07, 6.45) is -12.4. The van der Waals surface area contributed by atoms with Crippen molar-refractivity contribution in [2.75, 3.05) is 40.0 Å². The lowest BCUT2D eigenvalue weighted by Gasteiger charge is -2.39. The number of ketones is 3. The molecule has 104 heavy (non-hydrogen) atoms. The molecule has 30 heteroatoms. The van der Waals surface area contributed by atoms with Gasteiger partial charge in [0.2, 0.25) is 41.6 Å². The van der Waals surface area contributed by atoms with Gasteiger partial charge in [0, 0.05) is 44.5 Å². The van der Waals surface area contributed by atoms with Gasteiger partial charge in [0.05, 0.1) is 28.5 Å². The van der Waals surface area contributed by atoms with Crippen molar-refractivity contribution >= 4 is 76.2 Å². The van der Waals surface area contributed by atoms with Gasteiger partial charge < -0.3 is 90.4 Å². The third-order valence-electron chi connectivity index (χ3n) is 17.8. The zero-order valence-electron chi connectivity index (χ0n) is 57.6. The van der Waals surface area contributed by atoms with Crippen molar-refractivity contribution in [1.82, 2.24) is 31.5 Å². The van der Waals surface area contributed by atoms with Crippen molar-refractivity contribution in [3.05, 3.63) is 160 Å². The number of amides is 6. The Hall–Kier alpha value is -9.75. The van der Waals surface area contributed by atoms with Gasteiger partial charge >= 0.3 is 6.09 Å². The lowest BCUT2D eigenvalue weighted by Crippen LogP contribution is -2.60. The summed E-state index contributed by atoms with van der Waals surface area (Å²) >= 11 is 14.2. The molecular formula is C74H82Cl2N6O22. The highest BCUT2D eigenvalue weighted by molar-refractivity contribution is 6.32. The van der Waals surface area contributed by atoms with Gasteiger partial charge in [-0.05, 0) is 114 Å². The average molecular weight is 1480 g/mol. The number of hydrogen-bond acceptors (Lipinski definition) is 22. The fourth-order valence-electron chi connectivity index (χ4n) is 12.5. The number of carbonyl (C=O) groups is 9. The first kappa shape index (κ1) is 78.4. The molecule has 6 aliphatic rings. The fraction of sp³-hybridized carbons (Fsp3) is 0.392. The highest BCUT2D eigenvalue weighted by Crippen LogP contribution is 2.50. The maximum Gasteiger partial charge on any atom is 0.410 e. The van der Waals surface area contributed by atoms with E-state index in [1.54, 1.807) is 32.9 Å². The van der Waals surface area contributed by atoms with Crippen LogP contribution in [0.5, 0.6) is 40.2 Å². The van der Waals surface area contributed by atoms with E-state index in [9.17, 15) is 49.8 Å². The topological polar surface area (TPSA) is 403 Å². The Morgan fingerprint density at radius 3 is 1.89 bits per heavy atom. The number of likely N-dealkylation sites (N-methyl/N-ethyl adjacent to an activating group) is 1. The molecule has 6 heterocycles. The van der Waals surface area contributed by atoms with Crippen molar-refractivity contribution in [3.63, 3.8) is 0 Å². The van der Waals surface area contributed by atoms with Gasteiger partial charge in [0.25, 0.3) is 0 Å². The van der Waals surface area contributed by atoms with Crippen LogP contribution >= 0.6 is 23.2 Å². The van der Waals surface area contributed by atoms with Gasteiger partial charge in [-0.1, -0.05) is 99.3 Å². The summed E-state index contributed by atoms with van der Waals surface area (Å²) in [6.45, 7) is 16.8. The molecule has 28 nitrogen and oxygen atoms in total. The standard InChI is InChI=1S/C74H82Cl2N6O22/c1-10-19-98-51-16-13-38-25-44(51)58-45(23-35(6)24-54(58)99-20-11-2)59(36(7)84)78-72(96)62-64(89)40-15-18-53(47(76)27-40)102-56-30-41-29-55(68(56)104-73-67(92)66(91)65(90)57(33-83)103-73)101-52-17-14-39(26-46(52)75)63(88)61(80-71(95)48(22-34(4)5)82(9)74(97)100-21-12-3)49(86)28-42(32-77-37(8)85)69(93)79-60(41)50(87)31-43(38)70(94)81-62/h10-18,23-27,29-30,34,42-43,48,57,59-67,73,83,88-92H,1-3,19-22,28,31-33H2,4-9H3,(H,77,85)(H,78,96)(H,79,93)(H,80,95)(H,81,94)/t42-,43+,48+,57?,59+,60+,61-,62-,63+,64+,65?,66?,67?,73?/m0/s1. The lowest BCUT2D eigenvalue weighted by atomic mass is 9.84. The van der Waals surface area contributed by atoms with E-state index in [4.69, 9.17) is 56.4 Å². The number of nitrogens with zero attached hydrogens (tertiary/aromatic N) is 1. The Bertz CT molecular complexity index is 4170. The molecule has 5 aromatic carbocycles. The van der Waals surface area contributed by atoms with E-state index in [1.165, 1.54) is 86.8 Å². The van der Waals surface area contributed by atoms with Crippen LogP contribution in [0.4, 0.5) is 4.79 Å². The molecule has 6 aliphatic heterocycles. The minimum atomic E-state index is -2.12. The number of halogens is 2. The van der Waals surface area contributed by atoms with E-state index in [2.05, 4.69) is 46.3 Å². The predicted molar refractivity (Wildman–Crippen MR) is 375 cm³/mol. The number of aliphatic hydroxyl groups is 6. The van der Waals surface area contributed by atoms with Crippen molar-refractivity contribution in [2.45, 2.75) is 133 Å². The largest absolute Gasteiger partial charge is 0.489 e. The molecule has 0 spiro atoms. The van der Waals surface area contributed by atoms with Gasteiger partial charge in [-0.15, -0.1) is 0 Å². The normalized spacial score (nSPS) is 24.3. The smallest absolute Gasteiger partial charge is 0.410 e. The van der Waals surface area contributed by atoms with Gasteiger partial charge in [0.1, 0.15) is 110 Å². The van der Waals surface area contributed by atoms with Crippen LogP contribution in [0.1, 0.15) is 111 Å². The minimum Gasteiger partial charge on any atom is -0.489 e. The summed E-state index contributed by atoms with van der Waals surface area (Å²) in [4.78, 5) is 135. The Morgan fingerprint density at radius 2 is 1.31 bits per heavy atom. The Kier molecular flexibility index (Phi) is 25.8. The van der Waals surface area contributed by atoms with E-state index in [0.29, 0.717) is 5.56 Å². The van der Waals surface area contributed by atoms with Gasteiger partial charge in [-0.2, -0.15) is 0 Å². The average Bonchev–Trinajstić information content (AvgIpc) is 0.765. The number of aryl methyl sites for hydroxylation is 1. The van der Waals surface area contributed by atoms with E-state index >= 15 is 24.0 Å². The SMILES string of the molecule is C=CCOC(=O)N(C)[C@H](CC(C)C)C(=O)N[C@H]1C(=O)C[C@@H](CNC(C)=O)C(=O)N[C@H]2C(=O)C[C@H]3C(=O)N[C@H](C(=O)N[C@H](C(C)=O)c4cc(C)cc(OCC=C)c4-c4cc3ccc4OCC=C)[C@H](O)c3ccc(c(Cl)c3)Oc3cc2cc(c3OC2OC(CO)C(O)C(O)C2O)Oc2ccc(cc2Cl)[C@H]1O. The molecule has 6 amide bonds. The zero-order valence-corrected chi connectivity index (χ0v) is 59.1. The van der Waals surface area contributed by atoms with E-state index in [-0.39, 0.29) is 104 Å². The van der Waals surface area contributed by atoms with Gasteiger partial charge in [0.15, 0.2) is 28.8 Å². The van der Waals surface area contributed by atoms with Gasteiger partial charge in [-0.3, -0.25) is 43.3 Å². The highest BCUT2D eigenvalue weighted by Gasteiger charge is 2.47. The second-order valence-electron chi connectivity index (χ2n) is 25.9. The summed E-state index contributed by atoms with van der Waals surface area (Å²) in [5, 5.41) is 81.5. The Morgan fingerprint density at radius 1 is 0.692 bits per heavy atom. The molecular weight excluding hydrogens is 1400 g/mol. The maximum atomic E-state index is 16.4. The summed E-state index contributed by atoms with van der Waals surface area (Å²) in [5.41, 5.74) is 0.525. The molecule has 1 saturated heterocycles. The number of hydrogen-bond donors (Lipinski definition) is 11. The van der Waals surface area contributed by atoms with Crippen molar-refractivity contribution in [2.24, 2.45) is 11.8 Å². The number of ether oxygens (including phenoxy) is 7. The van der Waals surface area contributed by atoms with Crippen molar-refractivity contribution < 1.29 is 107 Å². The molecule has 5 unspecified atom stereocenters. The van der Waals surface area contributed by atoms with E-state index < -0.39 is 181 Å². The first-order valence-electron chi connectivity index (χ1n) is 33.2. The van der Waals surface area contributed by atoms with Crippen LogP contribution in [0, 0.1) is 18.8 Å². The number of aliphatic hydroxyl groups excluding tert-OH is 6. The van der Waals surface area contributed by atoms with Crippen LogP contribution < -0.4 is 50.3 Å². The quantitative estimate of drug-likeness (QED) is 0.0424. The monoisotopic (exact) mass is 1480 g/mol. The first-order chi connectivity index (χ1) is 49.5. The molecule has 554 valence electrons. The number of benzene rings is 5. The molecule has 1 fully saturated rings. The minimum absolute atomic E-state index is 0.00407. The summed E-state index contributed by atoms with van der Waals surface area (Å²) in [5.74, 6) is -13.5. The van der Waals surface area contributed by atoms with E-state index in [0.717, 1.165) is 24.0 Å². The molecule has 5 aromatic rings. The summed E-state index contributed by atoms with van der Waals surface area (Å²) < 4.78 is 43.2. The number of carbonyl (C=O) groups excluding carboxylic acids is 9. The van der Waals surface area contributed by atoms with Gasteiger partial charge in [-0.25, -0.2) is 4.79 Å². The molecule has 0 saturated carbocycles. The predicted octanol–water partition coefficient (Wildman–Crippen LogP) is 5.97. The molecule has 0 radical (unpaired) electrons. The molecule has 0 aliphatic carbocycles. The number of fused-ring (bicyclic) bond motifs is 15. The second-order valence-corrected chi connectivity index (χ2v) is 26.7. The summed E-state index contributed by atoms with van der Waals surface area (Å²) in [6, 6.07) is 8.32. The van der Waals surface area contributed by atoms with Crippen molar-refractivity contribution in [3.8, 4) is 51.4 Å². The molecule has 11 rings (SSSR count). The second kappa shape index (κ2) is 34.2. The Labute approximate surface area is 608 Å². The van der Waals surface area contributed by atoms with Crippen LogP contribution in [-0.2, 0) is 47.8 Å². The third kappa shape index (κ3) is 17.7. The Balaban J connectivity index is 1.33. The molecule has 0 aromatic heterocycles. The molecule has 14 atom stereocenters. The molecule has 11 bridgehead atoms. The van der Waals surface area contributed by atoms with Crippen molar-refractivity contribution in [1.29, 1.82) is 0 Å². The molecule has 11 N–H and O–H groups in total. The first-order valence-corrected chi connectivity index (χ1v) is 34.0. The summed E-state index contributed by atoms with van der Waals surface area (Å²) in [7, 11) is 1.29. The zero-order chi connectivity index (χ0) is 75.7. The highest BCUT2D eigenvalue weighted by atomic mass is 35.5. The number of nitrogens with one attached hydrogen (secondary N) is 5.